The Labute approximate surface area is 150 Å². The van der Waals surface area contributed by atoms with Crippen LogP contribution in [0.2, 0.25) is 5.02 Å². The van der Waals surface area contributed by atoms with Crippen LogP contribution in [-0.4, -0.2) is 27.0 Å². The zero-order chi connectivity index (χ0) is 18.0. The van der Waals surface area contributed by atoms with Gasteiger partial charge in [0.1, 0.15) is 10.8 Å². The highest BCUT2D eigenvalue weighted by molar-refractivity contribution is 6.32. The number of para-hydroxylation sites is 2. The third kappa shape index (κ3) is 3.91. The number of hydrogen-bond donors (Lipinski definition) is 2. The number of carbonyl (C=O) groups is 1. The van der Waals surface area contributed by atoms with Crippen LogP contribution in [0.15, 0.2) is 36.5 Å². The monoisotopic (exact) mass is 358 g/mol. The summed E-state index contributed by atoms with van der Waals surface area (Å²) < 4.78 is 5.47. The standard InChI is InChI=1S/C18H19ClN4O2/c1-10(2)25-18-13(19)8-12(9-20-18)17(24)21-11(3)16-22-14-6-4-5-7-15(14)23-16/h4-11H,1-3H3,(H,21,24)(H,22,23). The molecule has 130 valence electrons. The molecule has 6 nitrogen and oxygen atoms in total. The predicted molar refractivity (Wildman–Crippen MR) is 97.0 cm³/mol. The van der Waals surface area contributed by atoms with Gasteiger partial charge in [-0.3, -0.25) is 4.79 Å². The highest BCUT2D eigenvalue weighted by Crippen LogP contribution is 2.24. The number of fused-ring (bicyclic) bond motifs is 1. The largest absolute Gasteiger partial charge is 0.474 e. The van der Waals surface area contributed by atoms with Crippen LogP contribution in [0, 0.1) is 0 Å². The summed E-state index contributed by atoms with van der Waals surface area (Å²) in [6, 6.07) is 8.98. The van der Waals surface area contributed by atoms with Gasteiger partial charge < -0.3 is 15.0 Å². The molecule has 0 aliphatic rings. The van der Waals surface area contributed by atoms with Crippen LogP contribution in [0.25, 0.3) is 11.0 Å². The molecule has 1 atom stereocenters. The van der Waals surface area contributed by atoms with Crippen LogP contribution in [0.5, 0.6) is 5.88 Å². The van der Waals surface area contributed by atoms with E-state index in [2.05, 4.69) is 20.3 Å². The minimum atomic E-state index is -0.287. The molecule has 2 aromatic heterocycles. The number of aromatic nitrogens is 3. The maximum Gasteiger partial charge on any atom is 0.253 e. The fraction of sp³-hybridized carbons (Fsp3) is 0.278. The number of ether oxygens (including phenoxy) is 1. The van der Waals surface area contributed by atoms with Crippen LogP contribution in [0.4, 0.5) is 0 Å². The molecular weight excluding hydrogens is 340 g/mol. The van der Waals surface area contributed by atoms with Gasteiger partial charge in [0.15, 0.2) is 0 Å². The van der Waals surface area contributed by atoms with Crippen molar-refractivity contribution in [3.63, 3.8) is 0 Å². The summed E-state index contributed by atoms with van der Waals surface area (Å²) in [6.07, 6.45) is 1.40. The molecule has 3 aromatic rings. The number of rotatable bonds is 5. The van der Waals surface area contributed by atoms with Crippen LogP contribution >= 0.6 is 11.6 Å². The lowest BCUT2D eigenvalue weighted by Crippen LogP contribution is -2.27. The van der Waals surface area contributed by atoms with Gasteiger partial charge in [0.25, 0.3) is 5.91 Å². The average molecular weight is 359 g/mol. The third-order valence-electron chi connectivity index (χ3n) is 3.58. The van der Waals surface area contributed by atoms with E-state index < -0.39 is 0 Å². The molecule has 1 unspecified atom stereocenters. The minimum absolute atomic E-state index is 0.0437. The number of nitrogens with zero attached hydrogens (tertiary/aromatic N) is 2. The number of H-pyrrole nitrogens is 1. The number of hydrogen-bond acceptors (Lipinski definition) is 4. The van der Waals surface area contributed by atoms with Gasteiger partial charge in [-0.05, 0) is 39.0 Å². The number of pyridine rings is 1. The SMILES string of the molecule is CC(C)Oc1ncc(C(=O)NC(C)c2nc3ccccc3[nH]2)cc1Cl. The van der Waals surface area contributed by atoms with Crippen LogP contribution in [0.3, 0.4) is 0 Å². The number of halogens is 1. The normalized spacial score (nSPS) is 12.4. The number of nitrogens with one attached hydrogen (secondary N) is 2. The van der Waals surface area contributed by atoms with Crippen molar-refractivity contribution in [3.05, 3.63) is 52.9 Å². The van der Waals surface area contributed by atoms with E-state index in [1.807, 2.05) is 45.0 Å². The van der Waals surface area contributed by atoms with Crippen molar-refractivity contribution in [1.82, 2.24) is 20.3 Å². The topological polar surface area (TPSA) is 79.9 Å². The fourth-order valence-electron chi connectivity index (χ4n) is 2.39. The number of imidazole rings is 1. The van der Waals surface area contributed by atoms with E-state index in [0.29, 0.717) is 22.3 Å². The van der Waals surface area contributed by atoms with Crippen LogP contribution < -0.4 is 10.1 Å². The molecule has 3 rings (SSSR count). The summed E-state index contributed by atoms with van der Waals surface area (Å²) in [4.78, 5) is 24.3. The van der Waals surface area contributed by atoms with Crippen molar-refractivity contribution in [1.29, 1.82) is 0 Å². The number of benzene rings is 1. The Morgan fingerprint density at radius 1 is 1.28 bits per heavy atom. The lowest BCUT2D eigenvalue weighted by atomic mass is 10.2. The molecule has 0 aliphatic carbocycles. The zero-order valence-corrected chi connectivity index (χ0v) is 15.0. The second-order valence-corrected chi connectivity index (χ2v) is 6.42. The van der Waals surface area contributed by atoms with Crippen molar-refractivity contribution in [2.45, 2.75) is 32.9 Å². The first-order chi connectivity index (χ1) is 11.9. The van der Waals surface area contributed by atoms with Crippen molar-refractivity contribution in [2.75, 3.05) is 0 Å². The molecule has 2 N–H and O–H groups in total. The number of carbonyl (C=O) groups excluding carboxylic acids is 1. The zero-order valence-electron chi connectivity index (χ0n) is 14.2. The molecular formula is C18H19ClN4O2. The molecule has 7 heteroatoms. The maximum absolute atomic E-state index is 12.4. The van der Waals surface area contributed by atoms with Crippen LogP contribution in [-0.2, 0) is 0 Å². The number of aromatic amines is 1. The average Bonchev–Trinajstić information content (AvgIpc) is 3.00. The minimum Gasteiger partial charge on any atom is -0.474 e. The summed E-state index contributed by atoms with van der Waals surface area (Å²) in [7, 11) is 0. The van der Waals surface area contributed by atoms with Gasteiger partial charge in [-0.25, -0.2) is 9.97 Å². The Hall–Kier alpha value is -2.60. The highest BCUT2D eigenvalue weighted by atomic mass is 35.5. The lowest BCUT2D eigenvalue weighted by molar-refractivity contribution is 0.0938. The Morgan fingerprint density at radius 3 is 2.72 bits per heavy atom. The van der Waals surface area contributed by atoms with E-state index in [9.17, 15) is 4.79 Å². The van der Waals surface area contributed by atoms with E-state index in [1.54, 1.807) is 6.07 Å². The molecule has 0 spiro atoms. The first-order valence-electron chi connectivity index (χ1n) is 8.01. The van der Waals surface area contributed by atoms with Crippen molar-refractivity contribution in [2.24, 2.45) is 0 Å². The molecule has 0 saturated carbocycles. The second kappa shape index (κ2) is 7.11. The van der Waals surface area contributed by atoms with Gasteiger partial charge in [-0.2, -0.15) is 0 Å². The molecule has 0 bridgehead atoms. The highest BCUT2D eigenvalue weighted by Gasteiger charge is 2.17. The summed E-state index contributed by atoms with van der Waals surface area (Å²) in [5.74, 6) is 0.727. The van der Waals surface area contributed by atoms with E-state index in [1.165, 1.54) is 6.20 Å². The van der Waals surface area contributed by atoms with Crippen molar-refractivity contribution in [3.8, 4) is 5.88 Å². The van der Waals surface area contributed by atoms with Gasteiger partial charge in [-0.15, -0.1) is 0 Å². The Bertz CT molecular complexity index is 874. The van der Waals surface area contributed by atoms with E-state index in [0.717, 1.165) is 11.0 Å². The third-order valence-corrected chi connectivity index (χ3v) is 3.85. The molecule has 2 heterocycles. The van der Waals surface area contributed by atoms with E-state index >= 15 is 0 Å². The van der Waals surface area contributed by atoms with Crippen LogP contribution in [0.1, 0.15) is 43.0 Å². The molecule has 1 amide bonds. The summed E-state index contributed by atoms with van der Waals surface area (Å²) in [5.41, 5.74) is 2.15. The number of amides is 1. The first-order valence-corrected chi connectivity index (χ1v) is 8.39. The molecule has 25 heavy (non-hydrogen) atoms. The van der Waals surface area contributed by atoms with Crippen molar-refractivity contribution < 1.29 is 9.53 Å². The smallest absolute Gasteiger partial charge is 0.253 e. The predicted octanol–water partition coefficient (Wildman–Crippen LogP) is 3.89. The molecule has 0 aliphatic heterocycles. The van der Waals surface area contributed by atoms with E-state index in [-0.39, 0.29) is 18.1 Å². The fourth-order valence-corrected chi connectivity index (χ4v) is 2.60. The molecule has 0 saturated heterocycles. The van der Waals surface area contributed by atoms with E-state index in [4.69, 9.17) is 16.3 Å². The molecule has 1 aromatic carbocycles. The second-order valence-electron chi connectivity index (χ2n) is 6.01. The Kier molecular flexibility index (Phi) is 4.90. The molecule has 0 radical (unpaired) electrons. The van der Waals surface area contributed by atoms with Gasteiger partial charge in [0.2, 0.25) is 5.88 Å². The van der Waals surface area contributed by atoms with Gasteiger partial charge in [0.05, 0.1) is 28.7 Å². The lowest BCUT2D eigenvalue weighted by Gasteiger charge is -2.13. The van der Waals surface area contributed by atoms with Gasteiger partial charge in [0, 0.05) is 6.20 Å². The quantitative estimate of drug-likeness (QED) is 0.725. The summed E-state index contributed by atoms with van der Waals surface area (Å²) >= 11 is 6.14. The Balaban J connectivity index is 1.73. The summed E-state index contributed by atoms with van der Waals surface area (Å²) in [6.45, 7) is 5.63. The Morgan fingerprint density at radius 2 is 2.04 bits per heavy atom. The van der Waals surface area contributed by atoms with Gasteiger partial charge in [-0.1, -0.05) is 23.7 Å². The van der Waals surface area contributed by atoms with Gasteiger partial charge >= 0.3 is 0 Å². The maximum atomic E-state index is 12.4. The molecule has 0 fully saturated rings. The summed E-state index contributed by atoms with van der Waals surface area (Å²) in [5, 5.41) is 3.19. The first kappa shape index (κ1) is 17.2. The van der Waals surface area contributed by atoms with Crippen molar-refractivity contribution >= 4 is 28.5 Å².